The SMILES string of the molecule is COc1ccc(Cl)cc1NC(=O)CSc1nc(C)nc2sc3c(c12)CC[C@H](C)C3. The molecule has 4 rings (SSSR count). The summed E-state index contributed by atoms with van der Waals surface area (Å²) in [5, 5.41) is 5.47. The number of ether oxygens (including phenoxy) is 1. The van der Waals surface area contributed by atoms with E-state index in [0.29, 0.717) is 22.4 Å². The van der Waals surface area contributed by atoms with Crippen LogP contribution in [-0.4, -0.2) is 28.7 Å². The second-order valence-electron chi connectivity index (χ2n) is 7.29. The lowest BCUT2D eigenvalue weighted by atomic mass is 9.89. The van der Waals surface area contributed by atoms with E-state index in [1.807, 2.05) is 6.92 Å². The average molecular weight is 448 g/mol. The van der Waals surface area contributed by atoms with E-state index in [4.69, 9.17) is 16.3 Å². The van der Waals surface area contributed by atoms with Gasteiger partial charge in [0.25, 0.3) is 0 Å². The van der Waals surface area contributed by atoms with Crippen LogP contribution in [0.25, 0.3) is 10.2 Å². The van der Waals surface area contributed by atoms with Crippen LogP contribution in [0.4, 0.5) is 5.69 Å². The number of rotatable bonds is 5. The summed E-state index contributed by atoms with van der Waals surface area (Å²) in [5.41, 5.74) is 1.94. The molecule has 0 fully saturated rings. The van der Waals surface area contributed by atoms with Crippen LogP contribution in [0.2, 0.25) is 5.02 Å². The van der Waals surface area contributed by atoms with Gasteiger partial charge in [0.15, 0.2) is 0 Å². The van der Waals surface area contributed by atoms with Crippen LogP contribution in [0.3, 0.4) is 0 Å². The molecular formula is C21H22ClN3O2S2. The highest BCUT2D eigenvalue weighted by atomic mass is 35.5. The van der Waals surface area contributed by atoms with Crippen molar-refractivity contribution < 1.29 is 9.53 Å². The van der Waals surface area contributed by atoms with Gasteiger partial charge >= 0.3 is 0 Å². The smallest absolute Gasteiger partial charge is 0.234 e. The predicted octanol–water partition coefficient (Wildman–Crippen LogP) is 5.52. The molecule has 1 amide bonds. The van der Waals surface area contributed by atoms with E-state index < -0.39 is 0 Å². The summed E-state index contributed by atoms with van der Waals surface area (Å²) in [5.74, 6) is 2.15. The number of hydrogen-bond donors (Lipinski definition) is 1. The minimum atomic E-state index is -0.127. The van der Waals surface area contributed by atoms with E-state index >= 15 is 0 Å². The summed E-state index contributed by atoms with van der Waals surface area (Å²) < 4.78 is 5.30. The second-order valence-corrected chi connectivity index (χ2v) is 9.77. The molecule has 8 heteroatoms. The van der Waals surface area contributed by atoms with E-state index in [-0.39, 0.29) is 11.7 Å². The maximum atomic E-state index is 12.6. The van der Waals surface area contributed by atoms with Gasteiger partial charge in [0.2, 0.25) is 5.91 Å². The van der Waals surface area contributed by atoms with Gasteiger partial charge in [-0.3, -0.25) is 4.79 Å². The molecule has 1 N–H and O–H groups in total. The van der Waals surface area contributed by atoms with Crippen LogP contribution in [0.1, 0.15) is 29.6 Å². The number of halogens is 1. The van der Waals surface area contributed by atoms with Crippen molar-refractivity contribution in [2.45, 2.75) is 38.1 Å². The quantitative estimate of drug-likeness (QED) is 0.412. The molecule has 0 unspecified atom stereocenters. The Hall–Kier alpha value is -1.83. The molecule has 3 aromatic rings. The number of anilines is 1. The Morgan fingerprint density at radius 3 is 3.03 bits per heavy atom. The van der Waals surface area contributed by atoms with E-state index in [1.54, 1.807) is 36.6 Å². The summed E-state index contributed by atoms with van der Waals surface area (Å²) in [6.45, 7) is 4.20. The number of carbonyl (C=O) groups excluding carboxylic acids is 1. The van der Waals surface area contributed by atoms with Crippen molar-refractivity contribution in [3.8, 4) is 5.75 Å². The number of hydrogen-bond acceptors (Lipinski definition) is 6. The first-order valence-corrected chi connectivity index (χ1v) is 11.7. The average Bonchev–Trinajstić information content (AvgIpc) is 3.03. The molecule has 29 heavy (non-hydrogen) atoms. The monoisotopic (exact) mass is 447 g/mol. The van der Waals surface area contributed by atoms with Crippen LogP contribution in [0.15, 0.2) is 23.2 Å². The maximum Gasteiger partial charge on any atom is 0.234 e. The number of nitrogens with zero attached hydrogens (tertiary/aromatic N) is 2. The highest BCUT2D eigenvalue weighted by molar-refractivity contribution is 8.00. The number of amides is 1. The van der Waals surface area contributed by atoms with Gasteiger partial charge in [-0.25, -0.2) is 9.97 Å². The molecule has 0 spiro atoms. The number of aryl methyl sites for hydroxylation is 2. The largest absolute Gasteiger partial charge is 0.495 e. The van der Waals surface area contributed by atoms with E-state index in [2.05, 4.69) is 22.2 Å². The number of nitrogens with one attached hydrogen (secondary N) is 1. The normalized spacial score (nSPS) is 15.9. The van der Waals surface area contributed by atoms with Crippen molar-refractivity contribution in [1.82, 2.24) is 9.97 Å². The Balaban J connectivity index is 1.55. The third-order valence-electron chi connectivity index (χ3n) is 5.01. The summed E-state index contributed by atoms with van der Waals surface area (Å²) >= 11 is 9.29. The maximum absolute atomic E-state index is 12.6. The van der Waals surface area contributed by atoms with Crippen molar-refractivity contribution in [2.75, 3.05) is 18.2 Å². The first-order valence-electron chi connectivity index (χ1n) is 9.49. The number of thiophene rings is 1. The van der Waals surface area contributed by atoms with Crippen LogP contribution in [0, 0.1) is 12.8 Å². The fraction of sp³-hybridized carbons (Fsp3) is 0.381. The van der Waals surface area contributed by atoms with Crippen molar-refractivity contribution in [3.05, 3.63) is 39.5 Å². The summed E-state index contributed by atoms with van der Waals surface area (Å²) in [7, 11) is 1.56. The number of fused-ring (bicyclic) bond motifs is 3. The van der Waals surface area contributed by atoms with Gasteiger partial charge in [-0.15, -0.1) is 11.3 Å². The van der Waals surface area contributed by atoms with Crippen molar-refractivity contribution in [2.24, 2.45) is 5.92 Å². The van der Waals surface area contributed by atoms with Crippen LogP contribution in [0.5, 0.6) is 5.75 Å². The van der Waals surface area contributed by atoms with Gasteiger partial charge in [0.05, 0.1) is 18.6 Å². The van der Waals surface area contributed by atoms with Crippen molar-refractivity contribution >= 4 is 56.5 Å². The first kappa shape index (κ1) is 20.4. The molecule has 0 bridgehead atoms. The number of carbonyl (C=O) groups is 1. The number of thioether (sulfide) groups is 1. The molecule has 0 saturated heterocycles. The molecule has 1 aliphatic carbocycles. The number of methoxy groups -OCH3 is 1. The van der Waals surface area contributed by atoms with Gasteiger partial charge in [-0.05, 0) is 55.9 Å². The zero-order chi connectivity index (χ0) is 20.5. The fourth-order valence-electron chi connectivity index (χ4n) is 3.61. The number of benzene rings is 1. The van der Waals surface area contributed by atoms with E-state index in [1.165, 1.54) is 28.6 Å². The van der Waals surface area contributed by atoms with E-state index in [9.17, 15) is 4.79 Å². The molecular weight excluding hydrogens is 426 g/mol. The lowest BCUT2D eigenvalue weighted by Crippen LogP contribution is -2.15. The zero-order valence-electron chi connectivity index (χ0n) is 16.5. The lowest BCUT2D eigenvalue weighted by molar-refractivity contribution is -0.113. The molecule has 2 heterocycles. The summed E-state index contributed by atoms with van der Waals surface area (Å²) in [6, 6.07) is 5.15. The molecule has 1 aromatic carbocycles. The minimum absolute atomic E-state index is 0.127. The number of aromatic nitrogens is 2. The fourth-order valence-corrected chi connectivity index (χ4v) is 6.18. The second kappa shape index (κ2) is 8.50. The van der Waals surface area contributed by atoms with Crippen LogP contribution >= 0.6 is 34.7 Å². The Morgan fingerprint density at radius 2 is 2.24 bits per heavy atom. The third kappa shape index (κ3) is 4.37. The summed E-state index contributed by atoms with van der Waals surface area (Å²) in [6.07, 6.45) is 3.35. The van der Waals surface area contributed by atoms with Gasteiger partial charge in [0.1, 0.15) is 21.4 Å². The molecule has 1 aliphatic rings. The predicted molar refractivity (Wildman–Crippen MR) is 121 cm³/mol. The molecule has 0 aliphatic heterocycles. The Kier molecular flexibility index (Phi) is 5.99. The Bertz CT molecular complexity index is 1080. The lowest BCUT2D eigenvalue weighted by Gasteiger charge is -2.18. The van der Waals surface area contributed by atoms with Gasteiger partial charge in [-0.2, -0.15) is 0 Å². The van der Waals surface area contributed by atoms with Gasteiger partial charge < -0.3 is 10.1 Å². The van der Waals surface area contributed by atoms with E-state index in [0.717, 1.165) is 33.9 Å². The van der Waals surface area contributed by atoms with Crippen molar-refractivity contribution in [3.63, 3.8) is 0 Å². The standard InChI is InChI=1S/C21H22ClN3O2S2/c1-11-4-6-14-17(8-11)29-21-19(14)20(23-12(2)24-21)28-10-18(26)25-15-9-13(22)5-7-16(15)27-3/h5,7,9,11H,4,6,8,10H2,1-3H3,(H,25,26)/t11-/m0/s1. The molecule has 0 saturated carbocycles. The third-order valence-corrected chi connectivity index (χ3v) is 7.37. The minimum Gasteiger partial charge on any atom is -0.495 e. The van der Waals surface area contributed by atoms with Gasteiger partial charge in [0, 0.05) is 15.3 Å². The Morgan fingerprint density at radius 1 is 1.41 bits per heavy atom. The summed E-state index contributed by atoms with van der Waals surface area (Å²) in [4.78, 5) is 24.4. The van der Waals surface area contributed by atoms with Crippen molar-refractivity contribution in [1.29, 1.82) is 0 Å². The zero-order valence-corrected chi connectivity index (χ0v) is 18.9. The highest BCUT2D eigenvalue weighted by Crippen LogP contribution is 2.41. The molecule has 5 nitrogen and oxygen atoms in total. The molecule has 152 valence electrons. The van der Waals surface area contributed by atoms with Gasteiger partial charge in [-0.1, -0.05) is 30.3 Å². The molecule has 1 atom stereocenters. The van der Waals surface area contributed by atoms with Crippen LogP contribution < -0.4 is 10.1 Å². The molecule has 0 radical (unpaired) electrons. The molecule has 2 aromatic heterocycles. The Labute approximate surface area is 183 Å². The van der Waals surface area contributed by atoms with Crippen LogP contribution in [-0.2, 0) is 17.6 Å². The topological polar surface area (TPSA) is 64.1 Å². The highest BCUT2D eigenvalue weighted by Gasteiger charge is 2.24. The first-order chi connectivity index (χ1) is 13.9.